The van der Waals surface area contributed by atoms with Crippen LogP contribution in [-0.4, -0.2) is 29.8 Å². The zero-order chi connectivity index (χ0) is 20.3. The number of rotatable bonds is 7. The summed E-state index contributed by atoms with van der Waals surface area (Å²) in [6.45, 7) is -0.114. The number of carbonyl (C=O) groups is 1. The Labute approximate surface area is 180 Å². The van der Waals surface area contributed by atoms with Gasteiger partial charge in [0.05, 0.1) is 12.6 Å². The van der Waals surface area contributed by atoms with Crippen LogP contribution in [0.5, 0.6) is 11.5 Å². The van der Waals surface area contributed by atoms with E-state index in [0.29, 0.717) is 28.9 Å². The van der Waals surface area contributed by atoms with Crippen molar-refractivity contribution in [3.63, 3.8) is 0 Å². The lowest BCUT2D eigenvalue weighted by Crippen LogP contribution is -2.44. The molecule has 0 radical (unpaired) electrons. The van der Waals surface area contributed by atoms with Crippen LogP contribution in [0.4, 0.5) is 5.69 Å². The van der Waals surface area contributed by atoms with Gasteiger partial charge in [-0.2, -0.15) is 4.98 Å². The summed E-state index contributed by atoms with van der Waals surface area (Å²) in [6, 6.07) is 14.2. The van der Waals surface area contributed by atoms with Gasteiger partial charge in [-0.15, -0.1) is 12.4 Å². The lowest BCUT2D eigenvalue weighted by molar-refractivity contribution is -0.118. The second-order valence-electron chi connectivity index (χ2n) is 7.03. The first kappa shape index (κ1) is 21.6. The third-order valence-corrected chi connectivity index (χ3v) is 4.94. The summed E-state index contributed by atoms with van der Waals surface area (Å²) >= 11 is 0. The van der Waals surface area contributed by atoms with E-state index in [1.807, 2.05) is 0 Å². The van der Waals surface area contributed by atoms with Crippen molar-refractivity contribution >= 4 is 24.0 Å². The van der Waals surface area contributed by atoms with Gasteiger partial charge in [0.2, 0.25) is 0 Å². The molecule has 158 valence electrons. The molecule has 1 aromatic heterocycles. The molecule has 1 aliphatic rings. The molecule has 1 amide bonds. The zero-order valence-corrected chi connectivity index (χ0v) is 17.3. The molecule has 0 spiro atoms. The van der Waals surface area contributed by atoms with Gasteiger partial charge in [-0.25, -0.2) is 0 Å². The summed E-state index contributed by atoms with van der Waals surface area (Å²) in [5.74, 6) is 1.93. The van der Waals surface area contributed by atoms with Crippen LogP contribution in [0.2, 0.25) is 0 Å². The summed E-state index contributed by atoms with van der Waals surface area (Å²) in [4.78, 5) is 16.5. The molecule has 30 heavy (non-hydrogen) atoms. The van der Waals surface area contributed by atoms with Crippen molar-refractivity contribution < 1.29 is 18.8 Å². The van der Waals surface area contributed by atoms with Crippen LogP contribution in [0.15, 0.2) is 53.1 Å². The van der Waals surface area contributed by atoms with Crippen molar-refractivity contribution in [3.05, 3.63) is 54.4 Å². The lowest BCUT2D eigenvalue weighted by Gasteiger charge is -2.34. The Morgan fingerprint density at radius 2 is 1.97 bits per heavy atom. The van der Waals surface area contributed by atoms with Gasteiger partial charge >= 0.3 is 0 Å². The minimum atomic E-state index is -0.457. The normalized spacial score (nSPS) is 14.2. The minimum Gasteiger partial charge on any atom is -0.497 e. The number of benzene rings is 2. The molecular weight excluding hydrogens is 408 g/mol. The van der Waals surface area contributed by atoms with Gasteiger partial charge in [-0.1, -0.05) is 11.2 Å². The highest BCUT2D eigenvalue weighted by Gasteiger charge is 2.39. The number of halogens is 1. The average Bonchev–Trinajstić information content (AvgIpc) is 3.21. The summed E-state index contributed by atoms with van der Waals surface area (Å²) in [7, 11) is 1.57. The van der Waals surface area contributed by atoms with Crippen LogP contribution < -0.4 is 20.5 Å². The number of nitrogens with one attached hydrogen (secondary N) is 1. The highest BCUT2D eigenvalue weighted by atomic mass is 35.5. The number of nitrogens with zero attached hydrogens (tertiary/aromatic N) is 2. The van der Waals surface area contributed by atoms with Crippen molar-refractivity contribution in [3.8, 4) is 23.0 Å². The van der Waals surface area contributed by atoms with E-state index >= 15 is 0 Å². The standard InChI is InChI=1S/C21H22N4O4.ClH/c1-27-17-5-2-4-15(12-17)23-18(26)13-28-16-8-6-14(7-9-16)19-24-20(25-29-19)21(22)10-3-11-21;/h2,4-9,12H,3,10-11,13,22H2,1H3,(H,23,26);1H. The number of nitrogens with two attached hydrogens (primary N) is 1. The van der Waals surface area contributed by atoms with Crippen molar-refractivity contribution in [1.29, 1.82) is 0 Å². The van der Waals surface area contributed by atoms with Crippen molar-refractivity contribution in [2.45, 2.75) is 24.8 Å². The first-order valence-electron chi connectivity index (χ1n) is 9.36. The van der Waals surface area contributed by atoms with Crippen LogP contribution in [-0.2, 0) is 10.3 Å². The molecule has 0 atom stereocenters. The maximum Gasteiger partial charge on any atom is 0.262 e. The predicted molar refractivity (Wildman–Crippen MR) is 114 cm³/mol. The molecule has 0 aliphatic heterocycles. The van der Waals surface area contributed by atoms with E-state index in [-0.39, 0.29) is 24.9 Å². The zero-order valence-electron chi connectivity index (χ0n) is 16.5. The molecule has 3 N–H and O–H groups in total. The van der Waals surface area contributed by atoms with Crippen LogP contribution >= 0.6 is 12.4 Å². The molecule has 1 aliphatic carbocycles. The third-order valence-electron chi connectivity index (χ3n) is 4.94. The highest BCUT2D eigenvalue weighted by molar-refractivity contribution is 5.92. The van der Waals surface area contributed by atoms with Gasteiger partial charge in [-0.05, 0) is 55.7 Å². The maximum absolute atomic E-state index is 12.1. The second-order valence-corrected chi connectivity index (χ2v) is 7.03. The minimum absolute atomic E-state index is 0. The first-order chi connectivity index (χ1) is 14.1. The van der Waals surface area contributed by atoms with Gasteiger partial charge in [0, 0.05) is 17.3 Å². The molecule has 4 rings (SSSR count). The highest BCUT2D eigenvalue weighted by Crippen LogP contribution is 2.37. The van der Waals surface area contributed by atoms with Gasteiger partial charge in [-0.3, -0.25) is 4.79 Å². The molecule has 0 bridgehead atoms. The summed E-state index contributed by atoms with van der Waals surface area (Å²) in [6.07, 6.45) is 2.82. The van der Waals surface area contributed by atoms with E-state index in [9.17, 15) is 4.79 Å². The van der Waals surface area contributed by atoms with E-state index in [2.05, 4.69) is 15.5 Å². The summed E-state index contributed by atoms with van der Waals surface area (Å²) in [5, 5.41) is 6.78. The number of anilines is 1. The number of amides is 1. The van der Waals surface area contributed by atoms with E-state index < -0.39 is 5.54 Å². The molecule has 9 heteroatoms. The quantitative estimate of drug-likeness (QED) is 0.589. The molecule has 8 nitrogen and oxygen atoms in total. The molecule has 1 heterocycles. The Balaban J connectivity index is 0.00000256. The first-order valence-corrected chi connectivity index (χ1v) is 9.36. The number of aromatic nitrogens is 2. The summed E-state index contributed by atoms with van der Waals surface area (Å²) < 4.78 is 16.0. The van der Waals surface area contributed by atoms with Crippen LogP contribution in [0.25, 0.3) is 11.5 Å². The molecule has 1 saturated carbocycles. The Morgan fingerprint density at radius 1 is 1.20 bits per heavy atom. The van der Waals surface area contributed by atoms with E-state index in [1.54, 1.807) is 55.6 Å². The topological polar surface area (TPSA) is 112 Å². The van der Waals surface area contributed by atoms with E-state index in [4.69, 9.17) is 19.7 Å². The van der Waals surface area contributed by atoms with Gasteiger partial charge in [0.15, 0.2) is 12.4 Å². The van der Waals surface area contributed by atoms with Crippen LogP contribution in [0, 0.1) is 0 Å². The Kier molecular flexibility index (Phi) is 6.59. The van der Waals surface area contributed by atoms with Gasteiger partial charge in [0.1, 0.15) is 11.5 Å². The van der Waals surface area contributed by atoms with E-state index in [0.717, 1.165) is 24.8 Å². The molecule has 2 aromatic carbocycles. The molecule has 0 unspecified atom stereocenters. The fourth-order valence-corrected chi connectivity index (χ4v) is 3.06. The van der Waals surface area contributed by atoms with Crippen molar-refractivity contribution in [2.24, 2.45) is 5.73 Å². The number of carbonyl (C=O) groups excluding carboxylic acids is 1. The smallest absolute Gasteiger partial charge is 0.262 e. The largest absolute Gasteiger partial charge is 0.497 e. The van der Waals surface area contributed by atoms with Crippen molar-refractivity contribution in [2.75, 3.05) is 19.0 Å². The third kappa shape index (κ3) is 4.72. The van der Waals surface area contributed by atoms with Gasteiger partial charge < -0.3 is 25.0 Å². The fourth-order valence-electron chi connectivity index (χ4n) is 3.06. The summed E-state index contributed by atoms with van der Waals surface area (Å²) in [5.41, 5.74) is 7.18. The van der Waals surface area contributed by atoms with Gasteiger partial charge in [0.25, 0.3) is 11.8 Å². The number of ether oxygens (including phenoxy) is 2. The fraction of sp³-hybridized carbons (Fsp3) is 0.286. The second kappa shape index (κ2) is 9.15. The molecule has 3 aromatic rings. The lowest BCUT2D eigenvalue weighted by atomic mass is 9.77. The predicted octanol–water partition coefficient (Wildman–Crippen LogP) is 3.52. The van der Waals surface area contributed by atoms with Crippen LogP contribution in [0.1, 0.15) is 25.1 Å². The van der Waals surface area contributed by atoms with Crippen molar-refractivity contribution in [1.82, 2.24) is 10.1 Å². The number of hydrogen-bond donors (Lipinski definition) is 2. The number of hydrogen-bond acceptors (Lipinski definition) is 7. The Hall–Kier alpha value is -3.10. The molecule has 1 fully saturated rings. The Morgan fingerprint density at radius 3 is 2.63 bits per heavy atom. The average molecular weight is 431 g/mol. The monoisotopic (exact) mass is 430 g/mol. The molecular formula is C21H23ClN4O4. The van der Waals surface area contributed by atoms with E-state index in [1.165, 1.54) is 0 Å². The van der Waals surface area contributed by atoms with Crippen LogP contribution in [0.3, 0.4) is 0 Å². The molecule has 0 saturated heterocycles. The maximum atomic E-state index is 12.1. The number of methoxy groups -OCH3 is 1. The Bertz CT molecular complexity index is 1000. The SMILES string of the molecule is COc1cccc(NC(=O)COc2ccc(-c3nc(C4(N)CCC4)no3)cc2)c1.Cl.